The van der Waals surface area contributed by atoms with E-state index in [9.17, 15) is 0 Å². The molecule has 0 amide bonds. The number of hydrogen-bond acceptors (Lipinski definition) is 2. The van der Waals surface area contributed by atoms with Gasteiger partial charge in [0.2, 0.25) is 0 Å². The van der Waals surface area contributed by atoms with E-state index in [1.54, 1.807) is 0 Å². The molecule has 0 saturated heterocycles. The van der Waals surface area contributed by atoms with Crippen molar-refractivity contribution in [1.29, 1.82) is 0 Å². The fraction of sp³-hybridized carbons (Fsp3) is 0.500. The van der Waals surface area contributed by atoms with Gasteiger partial charge in [-0.1, -0.05) is 6.08 Å². The maximum absolute atomic E-state index is 5.48. The first-order valence-corrected chi connectivity index (χ1v) is 3.37. The van der Waals surface area contributed by atoms with Gasteiger partial charge in [-0.25, -0.2) is 0 Å². The van der Waals surface area contributed by atoms with Crippen LogP contribution in [0, 0.1) is 0 Å². The summed E-state index contributed by atoms with van der Waals surface area (Å²) in [5.74, 6) is 0. The van der Waals surface area contributed by atoms with Gasteiger partial charge in [0.1, 0.15) is 0 Å². The molecule has 58 valence electrons. The number of rotatable bonds is 2. The Balaban J connectivity index is 4.10. The smallest absolute Gasteiger partial charge is 0.0218 e. The molecule has 0 heterocycles. The third kappa shape index (κ3) is 3.17. The minimum absolute atomic E-state index is 0.823. The van der Waals surface area contributed by atoms with Crippen molar-refractivity contribution in [1.82, 2.24) is 4.90 Å². The zero-order valence-electron chi connectivity index (χ0n) is 7.18. The van der Waals surface area contributed by atoms with Gasteiger partial charge in [0, 0.05) is 24.6 Å². The molecule has 0 aromatic rings. The number of nitrogens with zero attached hydrogens (tertiary/aromatic N) is 1. The lowest BCUT2D eigenvalue weighted by Crippen LogP contribution is -2.10. The van der Waals surface area contributed by atoms with E-state index in [1.807, 2.05) is 45.0 Å². The topological polar surface area (TPSA) is 29.3 Å². The van der Waals surface area contributed by atoms with Gasteiger partial charge in [-0.2, -0.15) is 0 Å². The second-order valence-electron chi connectivity index (χ2n) is 2.41. The van der Waals surface area contributed by atoms with Crippen LogP contribution in [0.5, 0.6) is 0 Å². The lowest BCUT2D eigenvalue weighted by Gasteiger charge is -2.14. The molecule has 0 fully saturated rings. The van der Waals surface area contributed by atoms with Crippen LogP contribution < -0.4 is 5.73 Å². The summed E-state index contributed by atoms with van der Waals surface area (Å²) in [5, 5.41) is 0. The Hall–Kier alpha value is -0.920. The Morgan fingerprint density at radius 1 is 1.40 bits per heavy atom. The molecule has 2 heteroatoms. The van der Waals surface area contributed by atoms with E-state index in [0.29, 0.717) is 0 Å². The van der Waals surface area contributed by atoms with Crippen LogP contribution in [0.2, 0.25) is 0 Å². The number of hydrogen-bond donors (Lipinski definition) is 1. The minimum Gasteiger partial charge on any atom is -0.401 e. The average molecular weight is 140 g/mol. The van der Waals surface area contributed by atoms with Crippen molar-refractivity contribution >= 4 is 0 Å². The Morgan fingerprint density at radius 3 is 2.20 bits per heavy atom. The van der Waals surface area contributed by atoms with Crippen LogP contribution in [0.3, 0.4) is 0 Å². The van der Waals surface area contributed by atoms with Crippen molar-refractivity contribution in [2.24, 2.45) is 5.73 Å². The van der Waals surface area contributed by atoms with Crippen LogP contribution in [0.1, 0.15) is 20.8 Å². The molecule has 0 aliphatic heterocycles. The van der Waals surface area contributed by atoms with Crippen molar-refractivity contribution in [3.63, 3.8) is 0 Å². The predicted octanol–water partition coefficient (Wildman–Crippen LogP) is 1.66. The van der Waals surface area contributed by atoms with E-state index in [0.717, 1.165) is 5.70 Å². The van der Waals surface area contributed by atoms with E-state index in [1.165, 1.54) is 5.70 Å². The molecule has 2 N–H and O–H groups in total. The summed E-state index contributed by atoms with van der Waals surface area (Å²) < 4.78 is 0. The SMILES string of the molecule is C/C=C(/C)N(C)/C=C(/C)N. The summed E-state index contributed by atoms with van der Waals surface area (Å²) >= 11 is 0. The number of nitrogens with two attached hydrogens (primary N) is 1. The summed E-state index contributed by atoms with van der Waals surface area (Å²) in [6.45, 7) is 5.92. The highest BCUT2D eigenvalue weighted by Crippen LogP contribution is 2.00. The standard InChI is InChI=1S/C8H16N2/c1-5-8(3)10(4)6-7(2)9/h5-6H,9H2,1-4H3/b7-6-,8-5-. The van der Waals surface area contributed by atoms with Crippen LogP contribution in [0.4, 0.5) is 0 Å². The van der Waals surface area contributed by atoms with Gasteiger partial charge in [0.25, 0.3) is 0 Å². The molecule has 0 saturated carbocycles. The first kappa shape index (κ1) is 9.08. The third-order valence-corrected chi connectivity index (χ3v) is 1.37. The molecule has 10 heavy (non-hydrogen) atoms. The van der Waals surface area contributed by atoms with E-state index in [4.69, 9.17) is 5.73 Å². The van der Waals surface area contributed by atoms with Gasteiger partial charge in [-0.05, 0) is 20.8 Å². The zero-order valence-corrected chi connectivity index (χ0v) is 7.18. The molecule has 2 nitrogen and oxygen atoms in total. The molecule has 0 unspecified atom stereocenters. The zero-order chi connectivity index (χ0) is 8.15. The second-order valence-corrected chi connectivity index (χ2v) is 2.41. The van der Waals surface area contributed by atoms with Gasteiger partial charge in [0.05, 0.1) is 0 Å². The van der Waals surface area contributed by atoms with Gasteiger partial charge in [-0.3, -0.25) is 0 Å². The monoisotopic (exact) mass is 140 g/mol. The van der Waals surface area contributed by atoms with Crippen LogP contribution >= 0.6 is 0 Å². The molecule has 0 aromatic heterocycles. The molecule has 0 aliphatic carbocycles. The fourth-order valence-electron chi connectivity index (χ4n) is 0.611. The highest BCUT2D eigenvalue weighted by Gasteiger charge is 1.90. The Labute approximate surface area is 63.0 Å². The molecule has 0 spiro atoms. The van der Waals surface area contributed by atoms with Crippen molar-refractivity contribution in [3.05, 3.63) is 23.7 Å². The normalized spacial score (nSPS) is 13.6. The molecule has 0 aromatic carbocycles. The highest BCUT2D eigenvalue weighted by molar-refractivity contribution is 5.02. The van der Waals surface area contributed by atoms with Crippen LogP contribution in [-0.4, -0.2) is 11.9 Å². The molecule has 0 radical (unpaired) electrons. The van der Waals surface area contributed by atoms with Crippen molar-refractivity contribution in [2.75, 3.05) is 7.05 Å². The van der Waals surface area contributed by atoms with Gasteiger partial charge >= 0.3 is 0 Å². The lowest BCUT2D eigenvalue weighted by molar-refractivity contribution is 0.562. The van der Waals surface area contributed by atoms with Gasteiger partial charge in [0.15, 0.2) is 0 Å². The van der Waals surface area contributed by atoms with Crippen molar-refractivity contribution < 1.29 is 0 Å². The maximum Gasteiger partial charge on any atom is 0.0218 e. The Bertz CT molecular complexity index is 153. The average Bonchev–Trinajstić information content (AvgIpc) is 1.85. The van der Waals surface area contributed by atoms with Gasteiger partial charge in [-0.15, -0.1) is 0 Å². The van der Waals surface area contributed by atoms with Gasteiger partial charge < -0.3 is 10.6 Å². The molecule has 0 aliphatic rings. The summed E-state index contributed by atoms with van der Waals surface area (Å²) in [6, 6.07) is 0. The van der Waals surface area contributed by atoms with Crippen LogP contribution in [0.15, 0.2) is 23.7 Å². The van der Waals surface area contributed by atoms with E-state index >= 15 is 0 Å². The van der Waals surface area contributed by atoms with Crippen molar-refractivity contribution in [3.8, 4) is 0 Å². The maximum atomic E-state index is 5.48. The number of allylic oxidation sites excluding steroid dienone is 3. The molecular weight excluding hydrogens is 124 g/mol. The Morgan fingerprint density at radius 2 is 1.90 bits per heavy atom. The second kappa shape index (κ2) is 3.99. The van der Waals surface area contributed by atoms with E-state index in [-0.39, 0.29) is 0 Å². The van der Waals surface area contributed by atoms with E-state index < -0.39 is 0 Å². The third-order valence-electron chi connectivity index (χ3n) is 1.37. The minimum atomic E-state index is 0.823. The first-order chi connectivity index (χ1) is 4.57. The highest BCUT2D eigenvalue weighted by atomic mass is 15.1. The summed E-state index contributed by atoms with van der Waals surface area (Å²) in [5.41, 5.74) is 7.50. The lowest BCUT2D eigenvalue weighted by atomic mass is 10.4. The summed E-state index contributed by atoms with van der Waals surface area (Å²) in [7, 11) is 1.98. The first-order valence-electron chi connectivity index (χ1n) is 3.37. The molecule has 0 rings (SSSR count). The van der Waals surface area contributed by atoms with Crippen LogP contribution in [0.25, 0.3) is 0 Å². The molecule has 0 atom stereocenters. The molecular formula is C8H16N2. The fourth-order valence-corrected chi connectivity index (χ4v) is 0.611. The molecule has 0 bridgehead atoms. The predicted molar refractivity (Wildman–Crippen MR) is 45.1 cm³/mol. The Kier molecular flexibility index (Phi) is 3.62. The quantitative estimate of drug-likeness (QED) is 0.632. The summed E-state index contributed by atoms with van der Waals surface area (Å²) in [4.78, 5) is 2.00. The summed E-state index contributed by atoms with van der Waals surface area (Å²) in [6.07, 6.45) is 3.94. The van der Waals surface area contributed by atoms with Crippen molar-refractivity contribution in [2.45, 2.75) is 20.8 Å². The largest absolute Gasteiger partial charge is 0.401 e. The van der Waals surface area contributed by atoms with E-state index in [2.05, 4.69) is 0 Å². The van der Waals surface area contributed by atoms with Crippen LogP contribution in [-0.2, 0) is 0 Å².